The third-order valence-corrected chi connectivity index (χ3v) is 7.17. The van der Waals surface area contributed by atoms with E-state index in [-0.39, 0.29) is 20.2 Å². The van der Waals surface area contributed by atoms with Gasteiger partial charge in [-0.3, -0.25) is 9.29 Å². The van der Waals surface area contributed by atoms with E-state index in [1.807, 2.05) is 6.07 Å². The summed E-state index contributed by atoms with van der Waals surface area (Å²) in [4.78, 5) is 2.29. The molecule has 1 aliphatic carbocycles. The van der Waals surface area contributed by atoms with E-state index < -0.39 is 0 Å². The summed E-state index contributed by atoms with van der Waals surface area (Å²) in [5, 5.41) is 10.1. The highest BCUT2D eigenvalue weighted by molar-refractivity contribution is 5.87. The Bertz CT molecular complexity index is 1060. The number of alkyl halides is 1. The molecule has 0 saturated carbocycles. The first-order valence-electron chi connectivity index (χ1n) is 12.6. The number of phenolic OH excluding ortho intramolecular Hbond substituents is 1. The predicted octanol–water partition coefficient (Wildman–Crippen LogP) is 6.33. The number of aromatic hydroxyl groups is 1. The molecule has 188 valence electrons. The lowest BCUT2D eigenvalue weighted by Crippen LogP contribution is -2.26. The van der Waals surface area contributed by atoms with Gasteiger partial charge in [0.15, 0.2) is 0 Å². The van der Waals surface area contributed by atoms with Crippen molar-refractivity contribution < 1.29 is 19.0 Å². The quantitative estimate of drug-likeness (QED) is 0.504. The molecule has 0 radical (unpaired) electrons. The lowest BCUT2D eigenvalue weighted by atomic mass is 9.86. The Kier molecular flexibility index (Phi) is 8.64. The van der Waals surface area contributed by atoms with Crippen LogP contribution in [0, 0.1) is 0 Å². The van der Waals surface area contributed by atoms with E-state index in [9.17, 15) is 9.50 Å². The Hall–Kier alpha value is -2.63. The maximum absolute atomic E-state index is 12.5. The molecule has 2 heterocycles. The predicted molar refractivity (Wildman–Crippen MR) is 140 cm³/mol. The fourth-order valence-corrected chi connectivity index (χ4v) is 5.50. The number of benzene rings is 2. The number of aryl methyl sites for hydroxylation is 1. The van der Waals surface area contributed by atoms with Crippen molar-refractivity contribution >= 4 is 5.57 Å². The van der Waals surface area contributed by atoms with Gasteiger partial charge >= 0.3 is 0 Å². The van der Waals surface area contributed by atoms with E-state index in [2.05, 4.69) is 41.3 Å². The van der Waals surface area contributed by atoms with Gasteiger partial charge in [0, 0.05) is 19.6 Å². The van der Waals surface area contributed by atoms with Gasteiger partial charge in [-0.05, 0) is 96.2 Å². The number of likely N-dealkylation sites (tertiary alicyclic amines) is 1. The van der Waals surface area contributed by atoms with Crippen molar-refractivity contribution in [3.05, 3.63) is 76.4 Å². The third kappa shape index (κ3) is 5.96. The van der Waals surface area contributed by atoms with Gasteiger partial charge in [0.1, 0.15) is 17.6 Å². The van der Waals surface area contributed by atoms with Crippen molar-refractivity contribution in [2.45, 2.75) is 52.1 Å². The van der Waals surface area contributed by atoms with Crippen molar-refractivity contribution in [1.29, 1.82) is 0 Å². The Morgan fingerprint density at radius 3 is 2.71 bits per heavy atom. The van der Waals surface area contributed by atoms with Gasteiger partial charge in [0.05, 0.1) is 19.9 Å². The molecule has 35 heavy (non-hydrogen) atoms. The van der Waals surface area contributed by atoms with E-state index in [4.69, 9.17) is 9.47 Å². The monoisotopic (exact) mass is 479 g/mol. The van der Waals surface area contributed by atoms with Crippen LogP contribution in [0.5, 0.6) is 11.5 Å². The molecule has 3 aliphatic rings. The second-order valence-electron chi connectivity index (χ2n) is 9.50. The summed E-state index contributed by atoms with van der Waals surface area (Å²) in [5.74, 6) is 1.21. The Labute approximate surface area is 209 Å². The van der Waals surface area contributed by atoms with Crippen LogP contribution in [0.2, 0.25) is 0 Å². The molecule has 0 unspecified atom stereocenters. The average Bonchev–Trinajstić information content (AvgIpc) is 3.22. The van der Waals surface area contributed by atoms with Gasteiger partial charge in [0.2, 0.25) is 0 Å². The molecule has 1 saturated heterocycles. The first kappa shape index (κ1) is 25.5. The number of ether oxygens (including phenoxy) is 2. The SMILES string of the molecule is C.Oc1ccc2c(c1)CCCC(C1=CCOCC1)=C2c1ccc(O[C@H]2CCN(CCCF)C2)cc1. The number of nitrogens with zero attached hydrogens (tertiary/aromatic N) is 1. The van der Waals surface area contributed by atoms with Gasteiger partial charge in [-0.1, -0.05) is 31.7 Å². The molecule has 1 fully saturated rings. The topological polar surface area (TPSA) is 41.9 Å². The summed E-state index contributed by atoms with van der Waals surface area (Å²) < 4.78 is 24.3. The number of halogens is 1. The van der Waals surface area contributed by atoms with Crippen LogP contribution in [0.4, 0.5) is 4.39 Å². The number of rotatable bonds is 7. The van der Waals surface area contributed by atoms with Crippen molar-refractivity contribution in [3.8, 4) is 11.5 Å². The largest absolute Gasteiger partial charge is 0.508 e. The molecule has 0 bridgehead atoms. The van der Waals surface area contributed by atoms with Crippen LogP contribution in [-0.2, 0) is 11.2 Å². The summed E-state index contributed by atoms with van der Waals surface area (Å²) >= 11 is 0. The molecule has 2 aromatic carbocycles. The second kappa shape index (κ2) is 11.9. The maximum atomic E-state index is 12.5. The second-order valence-corrected chi connectivity index (χ2v) is 9.50. The van der Waals surface area contributed by atoms with Gasteiger partial charge in [-0.2, -0.15) is 0 Å². The Morgan fingerprint density at radius 1 is 1.09 bits per heavy atom. The summed E-state index contributed by atoms with van der Waals surface area (Å²) in [5.41, 5.74) is 7.66. The standard InChI is InChI=1S/C29H34FNO3.CH4/c30-14-2-15-31-16-11-26(20-31)34-25-8-5-22(6-9-25)29-27(21-12-17-33-18-13-21)4-1-3-23-19-24(32)7-10-28(23)29;/h5-10,12,19,26,32H,1-4,11,13-18,20H2;1H4/t26-;/m0./s1. The van der Waals surface area contributed by atoms with Crippen LogP contribution < -0.4 is 4.74 Å². The van der Waals surface area contributed by atoms with Gasteiger partial charge < -0.3 is 14.6 Å². The average molecular weight is 480 g/mol. The van der Waals surface area contributed by atoms with Crippen molar-refractivity contribution in [1.82, 2.24) is 4.90 Å². The van der Waals surface area contributed by atoms with Crippen molar-refractivity contribution in [3.63, 3.8) is 0 Å². The van der Waals surface area contributed by atoms with Crippen molar-refractivity contribution in [2.75, 3.05) is 39.5 Å². The lowest BCUT2D eigenvalue weighted by molar-refractivity contribution is 0.155. The molecule has 4 nitrogen and oxygen atoms in total. The van der Waals surface area contributed by atoms with E-state index in [0.29, 0.717) is 18.8 Å². The molecule has 1 N–H and O–H groups in total. The number of phenols is 1. The highest BCUT2D eigenvalue weighted by Gasteiger charge is 2.25. The Balaban J connectivity index is 0.00000289. The molecule has 5 rings (SSSR count). The van der Waals surface area contributed by atoms with Crippen molar-refractivity contribution in [2.24, 2.45) is 0 Å². The summed E-state index contributed by atoms with van der Waals surface area (Å²) in [7, 11) is 0. The van der Waals surface area contributed by atoms with Gasteiger partial charge in [-0.15, -0.1) is 0 Å². The van der Waals surface area contributed by atoms with Crippen LogP contribution in [0.25, 0.3) is 5.57 Å². The van der Waals surface area contributed by atoms with E-state index in [1.165, 1.54) is 33.4 Å². The molecule has 1 atom stereocenters. The molecule has 2 aliphatic heterocycles. The molecule has 0 aromatic heterocycles. The zero-order valence-electron chi connectivity index (χ0n) is 19.8. The van der Waals surface area contributed by atoms with E-state index >= 15 is 0 Å². The van der Waals surface area contributed by atoms with Gasteiger partial charge in [-0.25, -0.2) is 0 Å². The van der Waals surface area contributed by atoms with E-state index in [0.717, 1.165) is 64.1 Å². The summed E-state index contributed by atoms with van der Waals surface area (Å²) in [6.45, 7) is 3.83. The minimum absolute atomic E-state index is 0. The number of allylic oxidation sites excluding steroid dienone is 1. The minimum Gasteiger partial charge on any atom is -0.508 e. The minimum atomic E-state index is -0.256. The van der Waals surface area contributed by atoms with Crippen LogP contribution in [0.1, 0.15) is 56.2 Å². The smallest absolute Gasteiger partial charge is 0.119 e. The molecular formula is C30H38FNO3. The molecule has 0 spiro atoms. The first-order valence-corrected chi connectivity index (χ1v) is 12.6. The van der Waals surface area contributed by atoms with Gasteiger partial charge in [0.25, 0.3) is 0 Å². The fourth-order valence-electron chi connectivity index (χ4n) is 5.50. The van der Waals surface area contributed by atoms with E-state index in [1.54, 1.807) is 6.07 Å². The first-order chi connectivity index (χ1) is 16.7. The normalized spacial score (nSPS) is 20.6. The van der Waals surface area contributed by atoms with Crippen LogP contribution in [-0.4, -0.2) is 55.6 Å². The Morgan fingerprint density at radius 2 is 1.94 bits per heavy atom. The molecule has 2 aromatic rings. The molecule has 0 amide bonds. The number of hydrogen-bond acceptors (Lipinski definition) is 4. The van der Waals surface area contributed by atoms with Crippen LogP contribution >= 0.6 is 0 Å². The maximum Gasteiger partial charge on any atom is 0.119 e. The number of fused-ring (bicyclic) bond motifs is 1. The molecular weight excluding hydrogens is 441 g/mol. The third-order valence-electron chi connectivity index (χ3n) is 7.17. The zero-order chi connectivity index (χ0) is 23.3. The summed E-state index contributed by atoms with van der Waals surface area (Å²) in [6.07, 6.45) is 7.96. The molecule has 5 heteroatoms. The summed E-state index contributed by atoms with van der Waals surface area (Å²) in [6, 6.07) is 14.3. The number of hydrogen-bond donors (Lipinski definition) is 1. The highest BCUT2D eigenvalue weighted by Crippen LogP contribution is 2.40. The lowest BCUT2D eigenvalue weighted by Gasteiger charge is -2.21. The zero-order valence-corrected chi connectivity index (χ0v) is 19.8. The van der Waals surface area contributed by atoms with Crippen LogP contribution in [0.15, 0.2) is 59.7 Å². The highest BCUT2D eigenvalue weighted by atomic mass is 19.1. The van der Waals surface area contributed by atoms with Crippen LogP contribution in [0.3, 0.4) is 0 Å². The fraction of sp³-hybridized carbons (Fsp3) is 0.467.